The smallest absolute Gasteiger partial charge is 1.00 e. The predicted molar refractivity (Wildman–Crippen MR) is 72.0 cm³/mol. The summed E-state index contributed by atoms with van der Waals surface area (Å²) in [6.07, 6.45) is 0. The third-order valence-electron chi connectivity index (χ3n) is 1.55. The predicted octanol–water partition coefficient (Wildman–Crippen LogP) is -2.06. The Labute approximate surface area is 149 Å². The van der Waals surface area contributed by atoms with Crippen molar-refractivity contribution in [3.63, 3.8) is 0 Å². The maximum absolute atomic E-state index is 9.11. The molecular formula is C13H17Cl2NOSiZr. The molecule has 0 atom stereocenters. The van der Waals surface area contributed by atoms with E-state index in [0.717, 1.165) is 9.52 Å². The molecule has 6 heteroatoms. The summed E-state index contributed by atoms with van der Waals surface area (Å²) in [4.78, 5) is 9.11. The first-order chi connectivity index (χ1) is 7.61. The van der Waals surface area contributed by atoms with Gasteiger partial charge in [0, 0.05) is 15.4 Å². The number of fused-ring (bicyclic) bond motifs is 1. The number of carbonyl (C=O) groups excluding carboxylic acids is 1. The minimum atomic E-state index is -0.583. The fourth-order valence-corrected chi connectivity index (χ4v) is 1.07. The van der Waals surface area contributed by atoms with E-state index < -0.39 is 5.91 Å². The van der Waals surface area contributed by atoms with E-state index in [1.807, 2.05) is 0 Å². The Kier molecular flexibility index (Phi) is 25.9. The summed E-state index contributed by atoms with van der Waals surface area (Å²) in [7, 11) is 1.08. The van der Waals surface area contributed by atoms with Crippen molar-refractivity contribution in [1.29, 1.82) is 0 Å². The average Bonchev–Trinajstić information content (AvgIpc) is 2.65. The van der Waals surface area contributed by atoms with E-state index >= 15 is 0 Å². The average molecular weight is 394 g/mol. The molecule has 2 aromatic rings. The van der Waals surface area contributed by atoms with Crippen molar-refractivity contribution in [2.24, 2.45) is 0 Å². The van der Waals surface area contributed by atoms with Gasteiger partial charge in [0.15, 0.2) is 0 Å². The summed E-state index contributed by atoms with van der Waals surface area (Å²) in [6.45, 7) is 5.50. The first kappa shape index (κ1) is 27.3. The van der Waals surface area contributed by atoms with Crippen molar-refractivity contribution >= 4 is 26.2 Å². The molecule has 0 unspecified atom stereocenters. The van der Waals surface area contributed by atoms with E-state index in [2.05, 4.69) is 55.6 Å². The van der Waals surface area contributed by atoms with E-state index in [1.54, 1.807) is 0 Å². The van der Waals surface area contributed by atoms with Gasteiger partial charge in [0.1, 0.15) is 0 Å². The van der Waals surface area contributed by atoms with Gasteiger partial charge in [0.2, 0.25) is 0 Å². The van der Waals surface area contributed by atoms with E-state index in [4.69, 9.17) is 10.5 Å². The molecule has 2 rings (SSSR count). The number of hydrogen-bond donors (Lipinski definition) is 0. The van der Waals surface area contributed by atoms with Crippen LogP contribution < -0.4 is 24.8 Å². The summed E-state index contributed by atoms with van der Waals surface area (Å²) in [6, 6.07) is 14.7. The molecule has 0 fully saturated rings. The van der Waals surface area contributed by atoms with Crippen LogP contribution in [0.2, 0.25) is 13.1 Å². The van der Waals surface area contributed by atoms with Crippen LogP contribution in [0.15, 0.2) is 42.5 Å². The minimum Gasteiger partial charge on any atom is -1.00 e. The molecule has 0 heterocycles. The summed E-state index contributed by atoms with van der Waals surface area (Å²) in [5.41, 5.74) is 5.94. The fourth-order valence-electron chi connectivity index (χ4n) is 1.07. The van der Waals surface area contributed by atoms with Crippen LogP contribution in [0, 0.1) is 0 Å². The van der Waals surface area contributed by atoms with Crippen LogP contribution in [0.3, 0.4) is 0 Å². The summed E-state index contributed by atoms with van der Waals surface area (Å²) >= 11 is 0. The number of amides is 1. The van der Waals surface area contributed by atoms with E-state index in [0.29, 0.717) is 0 Å². The van der Waals surface area contributed by atoms with Crippen molar-refractivity contribution in [1.82, 2.24) is 0 Å². The molecule has 1 amide bonds. The van der Waals surface area contributed by atoms with Gasteiger partial charge in [-0.05, 0) is 6.92 Å². The Morgan fingerprint density at radius 3 is 2.00 bits per heavy atom. The van der Waals surface area contributed by atoms with Gasteiger partial charge < -0.3 is 35.3 Å². The first-order valence-corrected chi connectivity index (χ1v) is 7.03. The fraction of sp³-hybridized carbons (Fsp3) is 0.231. The summed E-state index contributed by atoms with van der Waals surface area (Å²) in [5.74, 6) is -0.583. The van der Waals surface area contributed by atoms with Crippen molar-refractivity contribution in [3.8, 4) is 0 Å². The third kappa shape index (κ3) is 15.9. The molecule has 102 valence electrons. The molecule has 2 radical (unpaired) electrons. The number of hydrogen-bond acceptors (Lipinski definition) is 1. The first-order valence-electron chi connectivity index (χ1n) is 5.03. The van der Waals surface area contributed by atoms with Crippen LogP contribution in [-0.4, -0.2) is 15.4 Å². The molecule has 0 aromatic heterocycles. The maximum Gasteiger partial charge on any atom is 4.00 e. The molecule has 0 spiro atoms. The second-order valence-electron chi connectivity index (χ2n) is 3.21. The Balaban J connectivity index is -0.0000000994. The summed E-state index contributed by atoms with van der Waals surface area (Å²) in [5, 5.41) is 2.66. The molecule has 0 saturated carbocycles. The van der Waals surface area contributed by atoms with Gasteiger partial charge in [-0.15, -0.1) is 29.7 Å². The van der Waals surface area contributed by atoms with E-state index in [9.17, 15) is 0 Å². The van der Waals surface area contributed by atoms with Gasteiger partial charge in [0.05, 0.1) is 0 Å². The standard InChI is InChI=1S/C9H7.C2H5NO.C2H6Si.2ClH.Zr/c1-2-5-9-7-3-6-8(9)4-1;1-2(3)4;1-3-2;;;/h1-7H;1H3,(H2,3,4);1-2H3;2*1H;/q-1;;;;;+4/p-3. The van der Waals surface area contributed by atoms with Crippen LogP contribution in [0.5, 0.6) is 0 Å². The molecule has 19 heavy (non-hydrogen) atoms. The molecule has 0 aliphatic rings. The van der Waals surface area contributed by atoms with Crippen LogP contribution >= 0.6 is 0 Å². The molecule has 0 aliphatic carbocycles. The SMILES string of the molecule is CC([NH-])=O.C[Si]C.[Cl-].[Cl-].[Zr+4].c1ccc2[cH-]ccc2c1. The van der Waals surface area contributed by atoms with Crippen LogP contribution in [0.4, 0.5) is 0 Å². The zero-order valence-electron chi connectivity index (χ0n) is 11.2. The van der Waals surface area contributed by atoms with E-state index in [1.165, 1.54) is 17.7 Å². The molecule has 1 N–H and O–H groups in total. The van der Waals surface area contributed by atoms with Gasteiger partial charge in [-0.2, -0.15) is 17.5 Å². The van der Waals surface area contributed by atoms with Gasteiger partial charge in [-0.25, -0.2) is 0 Å². The normalized spacial score (nSPS) is 7.11. The van der Waals surface area contributed by atoms with Crippen molar-refractivity contribution in [2.75, 3.05) is 0 Å². The maximum atomic E-state index is 9.11. The number of benzene rings is 1. The van der Waals surface area contributed by atoms with Gasteiger partial charge in [-0.3, -0.25) is 0 Å². The summed E-state index contributed by atoms with van der Waals surface area (Å²) < 4.78 is 0. The Morgan fingerprint density at radius 2 is 1.58 bits per heavy atom. The largest absolute Gasteiger partial charge is 4.00 e. The molecule has 0 aliphatic heterocycles. The van der Waals surface area contributed by atoms with Crippen molar-refractivity contribution in [3.05, 3.63) is 48.2 Å². The third-order valence-corrected chi connectivity index (χ3v) is 1.55. The number of carbonyl (C=O) groups is 1. The van der Waals surface area contributed by atoms with Crippen LogP contribution in [-0.2, 0) is 31.0 Å². The second-order valence-corrected chi connectivity index (χ2v) is 4.21. The van der Waals surface area contributed by atoms with Gasteiger partial charge >= 0.3 is 26.2 Å². The molecular weight excluding hydrogens is 376 g/mol. The van der Waals surface area contributed by atoms with Gasteiger partial charge in [-0.1, -0.05) is 19.2 Å². The number of nitrogens with one attached hydrogen (secondary N) is 1. The van der Waals surface area contributed by atoms with Crippen molar-refractivity contribution < 1.29 is 55.8 Å². The molecule has 2 aromatic carbocycles. The van der Waals surface area contributed by atoms with Crippen LogP contribution in [0.25, 0.3) is 16.5 Å². The quantitative estimate of drug-likeness (QED) is 0.375. The Hall–Kier alpha value is -0.0200. The second kappa shape index (κ2) is 18.0. The molecule has 0 saturated heterocycles. The number of rotatable bonds is 0. The molecule has 2 nitrogen and oxygen atoms in total. The minimum absolute atomic E-state index is 0. The zero-order chi connectivity index (χ0) is 12.4. The van der Waals surface area contributed by atoms with Crippen molar-refractivity contribution in [2.45, 2.75) is 20.0 Å². The zero-order valence-corrected chi connectivity index (χ0v) is 16.2. The molecule has 0 bridgehead atoms. The Morgan fingerprint density at radius 1 is 1.16 bits per heavy atom. The van der Waals surface area contributed by atoms with E-state index in [-0.39, 0.29) is 51.0 Å². The topological polar surface area (TPSA) is 40.9 Å². The van der Waals surface area contributed by atoms with Crippen LogP contribution in [0.1, 0.15) is 6.92 Å². The number of halogens is 2. The van der Waals surface area contributed by atoms with Gasteiger partial charge in [0.25, 0.3) is 0 Å². The Bertz CT molecular complexity index is 389. The monoisotopic (exact) mass is 391 g/mol.